The normalized spacial score (nSPS) is 23.6. The Labute approximate surface area is 115 Å². The van der Waals surface area contributed by atoms with Gasteiger partial charge in [0.2, 0.25) is 0 Å². The van der Waals surface area contributed by atoms with Gasteiger partial charge in [0.1, 0.15) is 17.5 Å². The summed E-state index contributed by atoms with van der Waals surface area (Å²) in [5, 5.41) is 3.45. The van der Waals surface area contributed by atoms with Crippen molar-refractivity contribution in [3.05, 3.63) is 11.9 Å². The van der Waals surface area contributed by atoms with E-state index in [-0.39, 0.29) is 5.41 Å². The minimum absolute atomic E-state index is 0.101. The summed E-state index contributed by atoms with van der Waals surface area (Å²) in [4.78, 5) is 8.89. The lowest BCUT2D eigenvalue weighted by molar-refractivity contribution is 0.108. The molecule has 0 spiro atoms. The summed E-state index contributed by atoms with van der Waals surface area (Å²) in [6.07, 6.45) is 3.58. The second kappa shape index (κ2) is 5.33. The number of aromatic nitrogens is 2. The van der Waals surface area contributed by atoms with Crippen molar-refractivity contribution >= 4 is 11.6 Å². The summed E-state index contributed by atoms with van der Waals surface area (Å²) in [6, 6.07) is 2.21. The number of rotatable bonds is 3. The van der Waals surface area contributed by atoms with Crippen molar-refractivity contribution in [2.24, 2.45) is 0 Å². The van der Waals surface area contributed by atoms with Gasteiger partial charge in [0.15, 0.2) is 0 Å². The van der Waals surface area contributed by atoms with Crippen LogP contribution in [0.5, 0.6) is 0 Å². The van der Waals surface area contributed by atoms with E-state index in [0.29, 0.717) is 18.0 Å². The predicted octanol–water partition coefficient (Wildman–Crippen LogP) is 2.34. The zero-order valence-corrected chi connectivity index (χ0v) is 12.2. The predicted molar refractivity (Wildman–Crippen MR) is 77.2 cm³/mol. The van der Waals surface area contributed by atoms with Crippen molar-refractivity contribution in [3.63, 3.8) is 0 Å². The Balaban J connectivity index is 2.11. The molecule has 1 aromatic rings. The number of methoxy groups -OCH3 is 1. The fourth-order valence-electron chi connectivity index (χ4n) is 2.37. The van der Waals surface area contributed by atoms with Gasteiger partial charge in [0, 0.05) is 24.6 Å². The highest BCUT2D eigenvalue weighted by molar-refractivity contribution is 5.46. The van der Waals surface area contributed by atoms with Gasteiger partial charge in [-0.25, -0.2) is 9.97 Å². The van der Waals surface area contributed by atoms with Crippen molar-refractivity contribution < 1.29 is 4.74 Å². The van der Waals surface area contributed by atoms with Crippen LogP contribution in [0.4, 0.5) is 11.6 Å². The smallest absolute Gasteiger partial charge is 0.138 e. The Morgan fingerprint density at radius 3 is 2.63 bits per heavy atom. The third-order valence-corrected chi connectivity index (χ3v) is 3.49. The van der Waals surface area contributed by atoms with Crippen molar-refractivity contribution in [1.82, 2.24) is 9.97 Å². The maximum Gasteiger partial charge on any atom is 0.138 e. The van der Waals surface area contributed by atoms with Gasteiger partial charge in [-0.1, -0.05) is 20.8 Å². The first-order valence-electron chi connectivity index (χ1n) is 6.83. The molecular formula is C14H24N4O. The minimum atomic E-state index is -0.101. The van der Waals surface area contributed by atoms with Gasteiger partial charge in [-0.05, 0) is 19.3 Å². The standard InChI is InChI=1S/C14H24N4O/c1-14(2,3)13-17-11(15)8-12(18-13)16-9-5-6-10(7-9)19-4/h8-10H,5-7H2,1-4H3,(H3,15,16,17,18). The van der Waals surface area contributed by atoms with Crippen LogP contribution in [0.25, 0.3) is 0 Å². The first kappa shape index (κ1) is 14.1. The second-order valence-corrected chi connectivity index (χ2v) is 6.26. The van der Waals surface area contributed by atoms with Gasteiger partial charge in [0.25, 0.3) is 0 Å². The van der Waals surface area contributed by atoms with E-state index in [1.54, 1.807) is 13.2 Å². The number of anilines is 2. The zero-order valence-electron chi connectivity index (χ0n) is 12.2. The molecular weight excluding hydrogens is 240 g/mol. The Bertz CT molecular complexity index is 442. The summed E-state index contributed by atoms with van der Waals surface area (Å²) >= 11 is 0. The molecule has 106 valence electrons. The van der Waals surface area contributed by atoms with Crippen LogP contribution in [0, 0.1) is 0 Å². The maximum atomic E-state index is 5.87. The molecule has 2 rings (SSSR count). The van der Waals surface area contributed by atoms with Crippen molar-refractivity contribution in [3.8, 4) is 0 Å². The molecule has 3 N–H and O–H groups in total. The zero-order chi connectivity index (χ0) is 14.0. The van der Waals surface area contributed by atoms with Crippen LogP contribution in [0.3, 0.4) is 0 Å². The van der Waals surface area contributed by atoms with E-state index in [4.69, 9.17) is 10.5 Å². The van der Waals surface area contributed by atoms with Gasteiger partial charge in [0.05, 0.1) is 6.10 Å². The van der Waals surface area contributed by atoms with Gasteiger partial charge < -0.3 is 15.8 Å². The number of nitrogens with two attached hydrogens (primary N) is 1. The molecule has 2 unspecified atom stereocenters. The topological polar surface area (TPSA) is 73.1 Å². The van der Waals surface area contributed by atoms with Gasteiger partial charge >= 0.3 is 0 Å². The molecule has 1 aromatic heterocycles. The Morgan fingerprint density at radius 1 is 1.32 bits per heavy atom. The number of nitrogens with one attached hydrogen (secondary N) is 1. The lowest BCUT2D eigenvalue weighted by Crippen LogP contribution is -2.22. The fourth-order valence-corrected chi connectivity index (χ4v) is 2.37. The first-order valence-corrected chi connectivity index (χ1v) is 6.83. The highest BCUT2D eigenvalue weighted by Crippen LogP contribution is 2.26. The van der Waals surface area contributed by atoms with Crippen molar-refractivity contribution in [2.45, 2.75) is 57.6 Å². The van der Waals surface area contributed by atoms with Crippen LogP contribution in [-0.2, 0) is 10.2 Å². The molecule has 1 aliphatic carbocycles. The van der Waals surface area contributed by atoms with Gasteiger partial charge in [-0.15, -0.1) is 0 Å². The molecule has 5 heteroatoms. The molecule has 2 atom stereocenters. The number of hydrogen-bond acceptors (Lipinski definition) is 5. The van der Waals surface area contributed by atoms with E-state index in [0.717, 1.165) is 30.9 Å². The van der Waals surface area contributed by atoms with Gasteiger partial charge in [-0.2, -0.15) is 0 Å². The maximum absolute atomic E-state index is 5.87. The summed E-state index contributed by atoms with van der Waals surface area (Å²) in [7, 11) is 1.77. The summed E-state index contributed by atoms with van der Waals surface area (Å²) in [5.41, 5.74) is 5.77. The van der Waals surface area contributed by atoms with E-state index in [1.807, 2.05) is 0 Å². The van der Waals surface area contributed by atoms with Crippen LogP contribution in [0.1, 0.15) is 45.9 Å². The number of nitrogens with zero attached hydrogens (tertiary/aromatic N) is 2. The van der Waals surface area contributed by atoms with Gasteiger partial charge in [-0.3, -0.25) is 0 Å². The van der Waals surface area contributed by atoms with E-state index in [9.17, 15) is 0 Å². The van der Waals surface area contributed by atoms with E-state index in [1.165, 1.54) is 0 Å². The minimum Gasteiger partial charge on any atom is -0.384 e. The van der Waals surface area contributed by atoms with Crippen LogP contribution in [0.2, 0.25) is 0 Å². The number of hydrogen-bond donors (Lipinski definition) is 2. The molecule has 0 amide bonds. The quantitative estimate of drug-likeness (QED) is 0.876. The second-order valence-electron chi connectivity index (χ2n) is 6.26. The molecule has 1 fully saturated rings. The molecule has 0 bridgehead atoms. The van der Waals surface area contributed by atoms with E-state index in [2.05, 4.69) is 36.1 Å². The molecule has 19 heavy (non-hydrogen) atoms. The van der Waals surface area contributed by atoms with E-state index < -0.39 is 0 Å². The molecule has 0 radical (unpaired) electrons. The van der Waals surface area contributed by atoms with E-state index >= 15 is 0 Å². The summed E-state index contributed by atoms with van der Waals surface area (Å²) in [5.74, 6) is 2.11. The van der Waals surface area contributed by atoms with Crippen LogP contribution in [-0.4, -0.2) is 29.2 Å². The van der Waals surface area contributed by atoms with Crippen LogP contribution in [0.15, 0.2) is 6.07 Å². The Morgan fingerprint density at radius 2 is 2.05 bits per heavy atom. The van der Waals surface area contributed by atoms with Crippen molar-refractivity contribution in [2.75, 3.05) is 18.2 Å². The lowest BCUT2D eigenvalue weighted by atomic mass is 9.96. The Kier molecular flexibility index (Phi) is 3.94. The Hall–Kier alpha value is -1.36. The average molecular weight is 264 g/mol. The molecule has 0 aliphatic heterocycles. The monoisotopic (exact) mass is 264 g/mol. The number of nitrogen functional groups attached to an aromatic ring is 1. The first-order chi connectivity index (χ1) is 8.88. The average Bonchev–Trinajstić information content (AvgIpc) is 2.75. The largest absolute Gasteiger partial charge is 0.384 e. The molecule has 0 saturated heterocycles. The third kappa shape index (κ3) is 3.56. The molecule has 1 heterocycles. The highest BCUT2D eigenvalue weighted by atomic mass is 16.5. The molecule has 1 aliphatic rings. The number of ether oxygens (including phenoxy) is 1. The van der Waals surface area contributed by atoms with Crippen molar-refractivity contribution in [1.29, 1.82) is 0 Å². The molecule has 5 nitrogen and oxygen atoms in total. The molecule has 0 aromatic carbocycles. The fraction of sp³-hybridized carbons (Fsp3) is 0.714. The van der Waals surface area contributed by atoms with Crippen LogP contribution >= 0.6 is 0 Å². The summed E-state index contributed by atoms with van der Waals surface area (Å²) < 4.78 is 5.38. The summed E-state index contributed by atoms with van der Waals surface area (Å²) in [6.45, 7) is 6.26. The third-order valence-electron chi connectivity index (χ3n) is 3.49. The lowest BCUT2D eigenvalue weighted by Gasteiger charge is -2.19. The molecule has 1 saturated carbocycles. The highest BCUT2D eigenvalue weighted by Gasteiger charge is 2.25. The SMILES string of the molecule is COC1CCC(Nc2cc(N)nc(C(C)(C)C)n2)C1. The van der Waals surface area contributed by atoms with Crippen LogP contribution < -0.4 is 11.1 Å².